The predicted molar refractivity (Wildman–Crippen MR) is 61.3 cm³/mol. The number of aryl methyl sites for hydroxylation is 1. The third-order valence-corrected chi connectivity index (χ3v) is 2.03. The van der Waals surface area contributed by atoms with Crippen molar-refractivity contribution < 1.29 is 9.53 Å². The van der Waals surface area contributed by atoms with Gasteiger partial charge >= 0.3 is 6.01 Å². The van der Waals surface area contributed by atoms with Crippen LogP contribution in [0.4, 0.5) is 11.5 Å². The summed E-state index contributed by atoms with van der Waals surface area (Å²) in [5.74, 6) is 0.214. The molecular weight excluding hydrogens is 208 g/mol. The van der Waals surface area contributed by atoms with Crippen LogP contribution in [0.25, 0.3) is 0 Å². The first-order chi connectivity index (χ1) is 7.69. The van der Waals surface area contributed by atoms with Gasteiger partial charge in [0, 0.05) is 0 Å². The zero-order valence-corrected chi connectivity index (χ0v) is 9.49. The molecule has 0 aromatic carbocycles. The van der Waals surface area contributed by atoms with Gasteiger partial charge in [-0.1, -0.05) is 13.3 Å². The van der Waals surface area contributed by atoms with Crippen LogP contribution in [-0.2, 0) is 4.79 Å². The minimum atomic E-state index is 0.214. The van der Waals surface area contributed by atoms with Gasteiger partial charge in [-0.05, 0) is 13.3 Å². The number of amides is 1. The van der Waals surface area contributed by atoms with Crippen molar-refractivity contribution in [2.24, 2.45) is 0 Å². The Morgan fingerprint density at radius 2 is 2.25 bits per heavy atom. The van der Waals surface area contributed by atoms with Crippen molar-refractivity contribution in [1.82, 2.24) is 9.97 Å². The number of anilines is 2. The van der Waals surface area contributed by atoms with Gasteiger partial charge in [0.1, 0.15) is 5.69 Å². The Kier molecular flexibility index (Phi) is 4.50. The standard InChI is InChI=1S/C10H16N4O2/c1-3-4-5-16-10-13-7(2)8(12-6-15)9(11)14-10/h6H,3-5H2,1-2H3,(H,12,15)(H2,11,13,14). The van der Waals surface area contributed by atoms with Gasteiger partial charge in [0.25, 0.3) is 0 Å². The van der Waals surface area contributed by atoms with Crippen molar-refractivity contribution in [3.63, 3.8) is 0 Å². The second-order valence-corrected chi connectivity index (χ2v) is 3.32. The summed E-state index contributed by atoms with van der Waals surface area (Å²) in [5.41, 5.74) is 6.68. The van der Waals surface area contributed by atoms with Crippen LogP contribution in [0.5, 0.6) is 6.01 Å². The predicted octanol–water partition coefficient (Wildman–Crippen LogP) is 1.11. The van der Waals surface area contributed by atoms with Crippen LogP contribution in [0.1, 0.15) is 25.5 Å². The first-order valence-electron chi connectivity index (χ1n) is 5.16. The number of nitrogens with one attached hydrogen (secondary N) is 1. The van der Waals surface area contributed by atoms with Crippen molar-refractivity contribution in [2.45, 2.75) is 26.7 Å². The maximum atomic E-state index is 10.3. The molecule has 0 aliphatic rings. The van der Waals surface area contributed by atoms with Crippen molar-refractivity contribution in [3.8, 4) is 6.01 Å². The highest BCUT2D eigenvalue weighted by molar-refractivity contribution is 5.79. The number of rotatable bonds is 6. The van der Waals surface area contributed by atoms with E-state index < -0.39 is 0 Å². The van der Waals surface area contributed by atoms with Gasteiger partial charge in [-0.2, -0.15) is 9.97 Å². The Balaban J connectivity index is 2.78. The number of aromatic nitrogens is 2. The number of unbranched alkanes of at least 4 members (excludes halogenated alkanes) is 1. The average molecular weight is 224 g/mol. The number of hydrogen-bond donors (Lipinski definition) is 2. The van der Waals surface area contributed by atoms with Gasteiger partial charge < -0.3 is 15.8 Å². The number of carbonyl (C=O) groups excluding carboxylic acids is 1. The lowest BCUT2D eigenvalue weighted by Gasteiger charge is -2.09. The second-order valence-electron chi connectivity index (χ2n) is 3.32. The summed E-state index contributed by atoms with van der Waals surface area (Å²) in [5, 5.41) is 2.45. The minimum Gasteiger partial charge on any atom is -0.463 e. The summed E-state index contributed by atoms with van der Waals surface area (Å²) < 4.78 is 5.32. The molecule has 0 radical (unpaired) electrons. The summed E-state index contributed by atoms with van der Waals surface area (Å²) in [4.78, 5) is 18.4. The van der Waals surface area contributed by atoms with E-state index in [2.05, 4.69) is 22.2 Å². The molecular formula is C10H16N4O2. The number of nitrogens with two attached hydrogens (primary N) is 1. The average Bonchev–Trinajstić information content (AvgIpc) is 2.24. The molecule has 3 N–H and O–H groups in total. The maximum absolute atomic E-state index is 10.3. The monoisotopic (exact) mass is 224 g/mol. The van der Waals surface area contributed by atoms with Crippen LogP contribution in [0.2, 0.25) is 0 Å². The molecule has 0 unspecified atom stereocenters. The highest BCUT2D eigenvalue weighted by Gasteiger charge is 2.09. The highest BCUT2D eigenvalue weighted by Crippen LogP contribution is 2.21. The van der Waals surface area contributed by atoms with Gasteiger partial charge in [-0.25, -0.2) is 0 Å². The van der Waals surface area contributed by atoms with Crippen LogP contribution in [0.15, 0.2) is 0 Å². The molecule has 1 aromatic heterocycles. The van der Waals surface area contributed by atoms with Crippen LogP contribution in [0.3, 0.4) is 0 Å². The molecule has 6 nitrogen and oxygen atoms in total. The zero-order chi connectivity index (χ0) is 12.0. The fraction of sp³-hybridized carbons (Fsp3) is 0.500. The molecule has 1 aromatic rings. The number of nitrogen functional groups attached to an aromatic ring is 1. The van der Waals surface area contributed by atoms with Crippen molar-refractivity contribution in [2.75, 3.05) is 17.7 Å². The number of ether oxygens (including phenoxy) is 1. The van der Waals surface area contributed by atoms with Gasteiger partial charge in [-0.15, -0.1) is 0 Å². The van der Waals surface area contributed by atoms with E-state index in [1.54, 1.807) is 6.92 Å². The number of nitrogens with zero attached hydrogens (tertiary/aromatic N) is 2. The summed E-state index contributed by atoms with van der Waals surface area (Å²) in [6.07, 6.45) is 2.52. The van der Waals surface area contributed by atoms with Crippen LogP contribution < -0.4 is 15.8 Å². The fourth-order valence-electron chi connectivity index (χ4n) is 1.18. The third kappa shape index (κ3) is 3.08. The van der Waals surface area contributed by atoms with Crippen LogP contribution in [-0.4, -0.2) is 23.0 Å². The van der Waals surface area contributed by atoms with E-state index in [1.807, 2.05) is 0 Å². The van der Waals surface area contributed by atoms with Crippen molar-refractivity contribution in [3.05, 3.63) is 5.69 Å². The first-order valence-corrected chi connectivity index (χ1v) is 5.16. The minimum absolute atomic E-state index is 0.214. The topological polar surface area (TPSA) is 90.1 Å². The number of carbonyl (C=O) groups is 1. The molecule has 1 amide bonds. The summed E-state index contributed by atoms with van der Waals surface area (Å²) in [7, 11) is 0. The molecule has 0 aliphatic carbocycles. The third-order valence-electron chi connectivity index (χ3n) is 2.03. The molecule has 88 valence electrons. The molecule has 1 rings (SSSR count). The first kappa shape index (κ1) is 12.2. The van der Waals surface area contributed by atoms with Crippen LogP contribution >= 0.6 is 0 Å². The normalized spacial score (nSPS) is 9.88. The Labute approximate surface area is 94.2 Å². The Morgan fingerprint density at radius 3 is 2.81 bits per heavy atom. The molecule has 0 saturated carbocycles. The van der Waals surface area contributed by atoms with E-state index >= 15 is 0 Å². The Bertz CT molecular complexity index is 345. The van der Waals surface area contributed by atoms with E-state index in [0.29, 0.717) is 24.4 Å². The molecule has 1 heterocycles. The molecule has 0 atom stereocenters. The molecule has 0 aliphatic heterocycles. The lowest BCUT2D eigenvalue weighted by atomic mass is 10.3. The van der Waals surface area contributed by atoms with E-state index in [1.165, 1.54) is 0 Å². The summed E-state index contributed by atoms with van der Waals surface area (Å²) >= 11 is 0. The van der Waals surface area contributed by atoms with E-state index in [4.69, 9.17) is 10.5 Å². The van der Waals surface area contributed by atoms with E-state index in [-0.39, 0.29) is 11.8 Å². The largest absolute Gasteiger partial charge is 0.463 e. The molecule has 0 spiro atoms. The van der Waals surface area contributed by atoms with Gasteiger partial charge in [0.05, 0.1) is 12.3 Å². The Hall–Kier alpha value is -1.85. The zero-order valence-electron chi connectivity index (χ0n) is 9.49. The molecule has 0 fully saturated rings. The summed E-state index contributed by atoms with van der Waals surface area (Å²) in [6, 6.07) is 0.250. The van der Waals surface area contributed by atoms with E-state index in [9.17, 15) is 4.79 Å². The van der Waals surface area contributed by atoms with Crippen molar-refractivity contribution in [1.29, 1.82) is 0 Å². The highest BCUT2D eigenvalue weighted by atomic mass is 16.5. The van der Waals surface area contributed by atoms with Crippen molar-refractivity contribution >= 4 is 17.9 Å². The smallest absolute Gasteiger partial charge is 0.318 e. The van der Waals surface area contributed by atoms with Crippen LogP contribution in [0, 0.1) is 6.92 Å². The SMILES string of the molecule is CCCCOc1nc(C)c(NC=O)c(N)n1. The number of hydrogen-bond acceptors (Lipinski definition) is 5. The van der Waals surface area contributed by atoms with Gasteiger partial charge in [-0.3, -0.25) is 4.79 Å². The second kappa shape index (κ2) is 5.89. The lowest BCUT2D eigenvalue weighted by molar-refractivity contribution is -0.105. The quantitative estimate of drug-likeness (QED) is 0.558. The Morgan fingerprint density at radius 1 is 1.50 bits per heavy atom. The molecule has 0 saturated heterocycles. The molecule has 16 heavy (non-hydrogen) atoms. The van der Waals surface area contributed by atoms with Gasteiger partial charge in [0.2, 0.25) is 6.41 Å². The fourth-order valence-corrected chi connectivity index (χ4v) is 1.18. The molecule has 6 heteroatoms. The summed E-state index contributed by atoms with van der Waals surface area (Å²) in [6.45, 7) is 4.37. The molecule has 0 bridgehead atoms. The maximum Gasteiger partial charge on any atom is 0.318 e. The lowest BCUT2D eigenvalue weighted by Crippen LogP contribution is -2.08. The van der Waals surface area contributed by atoms with Gasteiger partial charge in [0.15, 0.2) is 5.82 Å². The van der Waals surface area contributed by atoms with E-state index in [0.717, 1.165) is 12.8 Å².